The summed E-state index contributed by atoms with van der Waals surface area (Å²) in [6, 6.07) is -2.78. The maximum atomic E-state index is 13.7. The molecule has 0 spiro atoms. The number of amides is 3. The van der Waals surface area contributed by atoms with Crippen LogP contribution in [0.15, 0.2) is 6.33 Å². The fourth-order valence-corrected chi connectivity index (χ4v) is 7.96. The van der Waals surface area contributed by atoms with E-state index < -0.39 is 67.4 Å². The number of urea groups is 1. The number of fused-ring (bicyclic) bond motifs is 1. The maximum Gasteiger partial charge on any atom is 0.327 e. The standard InChI is InChI=1S/C20H29N8O10PS/c1-8(16(31)36-4)27-39(34,40-6-9-14(30)25-19(32)23-9)37-5-10-12(29)20(2,33)17(38-10)28-7-22-11-13(28)24-18(21)26-15(11)35-3/h7-10,12,17,29,33H,5-6H2,1-4H3,(H,27,34)(H2,21,24,26)(H2,23,25,30,32)/t8-,9-,10-,12-,17-,20-,39-/m1/s1. The Kier molecular flexibility index (Phi) is 8.55. The van der Waals surface area contributed by atoms with Gasteiger partial charge in [-0.1, -0.05) is 11.4 Å². The highest BCUT2D eigenvalue weighted by Gasteiger charge is 2.54. The predicted molar refractivity (Wildman–Crippen MR) is 138 cm³/mol. The number of esters is 1. The number of carbonyl (C=O) groups excluding carboxylic acids is 3. The van der Waals surface area contributed by atoms with E-state index in [4.69, 9.17) is 19.7 Å². The van der Waals surface area contributed by atoms with E-state index in [0.29, 0.717) is 11.4 Å². The maximum absolute atomic E-state index is 13.7. The Morgan fingerprint density at radius 2 is 2.12 bits per heavy atom. The number of methoxy groups -OCH3 is 2. The largest absolute Gasteiger partial charge is 0.479 e. The molecule has 2 fully saturated rings. The number of aliphatic hydroxyl groups excluding tert-OH is 1. The van der Waals surface area contributed by atoms with Crippen molar-refractivity contribution in [1.82, 2.24) is 35.2 Å². The first-order chi connectivity index (χ1) is 18.8. The smallest absolute Gasteiger partial charge is 0.327 e. The van der Waals surface area contributed by atoms with Gasteiger partial charge in [0, 0.05) is 5.75 Å². The molecule has 0 unspecified atom stereocenters. The Bertz CT molecular complexity index is 1360. The van der Waals surface area contributed by atoms with Crippen LogP contribution in [0, 0.1) is 0 Å². The Labute approximate surface area is 230 Å². The van der Waals surface area contributed by atoms with E-state index in [0.717, 1.165) is 7.11 Å². The summed E-state index contributed by atoms with van der Waals surface area (Å²) in [5, 5.41) is 29.1. The highest BCUT2D eigenvalue weighted by atomic mass is 32.7. The Morgan fingerprint density at radius 3 is 2.75 bits per heavy atom. The molecule has 0 aliphatic carbocycles. The van der Waals surface area contributed by atoms with Crippen molar-refractivity contribution in [1.29, 1.82) is 0 Å². The van der Waals surface area contributed by atoms with Crippen molar-refractivity contribution >= 4 is 53.1 Å². The van der Waals surface area contributed by atoms with Crippen LogP contribution in [0.1, 0.15) is 20.1 Å². The SMILES string of the molecule is COC(=O)[C@@H](C)N[P@@](=O)(OC[C@H]1O[C@@H](n2cnc3c(OC)nc(N)nc32)[C@](C)(O)[C@@H]1O)SC[C@H]1NC(=O)NC1=O. The van der Waals surface area contributed by atoms with Crippen LogP contribution in [0.4, 0.5) is 10.7 Å². The fraction of sp³-hybridized carbons (Fsp3) is 0.600. The van der Waals surface area contributed by atoms with Gasteiger partial charge in [0.05, 0.1) is 27.2 Å². The molecule has 2 saturated heterocycles. The fourth-order valence-electron chi connectivity index (χ4n) is 4.10. The number of ether oxygens (including phenoxy) is 3. The summed E-state index contributed by atoms with van der Waals surface area (Å²) in [4.78, 5) is 47.6. The summed E-state index contributed by atoms with van der Waals surface area (Å²) in [5.74, 6) is -1.56. The van der Waals surface area contributed by atoms with Crippen LogP contribution in [0.2, 0.25) is 0 Å². The van der Waals surface area contributed by atoms with Crippen LogP contribution in [-0.2, 0) is 28.2 Å². The number of aromatic nitrogens is 4. The molecule has 0 saturated carbocycles. The molecule has 20 heteroatoms. The van der Waals surface area contributed by atoms with E-state index in [1.54, 1.807) is 0 Å². The van der Waals surface area contributed by atoms with Crippen molar-refractivity contribution in [3.05, 3.63) is 6.33 Å². The molecule has 220 valence electrons. The summed E-state index contributed by atoms with van der Waals surface area (Å²) in [6.07, 6.45) is -2.71. The quantitative estimate of drug-likeness (QED) is 0.0984. The minimum atomic E-state index is -4.01. The van der Waals surface area contributed by atoms with Crippen LogP contribution in [-0.4, -0.2) is 104 Å². The highest BCUT2D eigenvalue weighted by Crippen LogP contribution is 2.57. The molecule has 2 aliphatic rings. The lowest BCUT2D eigenvalue weighted by Crippen LogP contribution is -2.44. The minimum absolute atomic E-state index is 0.0928. The molecule has 40 heavy (non-hydrogen) atoms. The number of hydrogen-bond donors (Lipinski definition) is 6. The van der Waals surface area contributed by atoms with Crippen LogP contribution < -0.4 is 26.2 Å². The van der Waals surface area contributed by atoms with Gasteiger partial charge in [-0.2, -0.15) is 9.97 Å². The average molecular weight is 605 g/mol. The molecule has 18 nitrogen and oxygen atoms in total. The number of imidazole rings is 1. The molecule has 7 atom stereocenters. The zero-order valence-electron chi connectivity index (χ0n) is 21.8. The van der Waals surface area contributed by atoms with E-state index in [9.17, 15) is 29.2 Å². The minimum Gasteiger partial charge on any atom is -0.479 e. The van der Waals surface area contributed by atoms with E-state index in [1.165, 1.54) is 31.9 Å². The summed E-state index contributed by atoms with van der Waals surface area (Å²) < 4.78 is 36.5. The molecule has 2 aliphatic heterocycles. The van der Waals surface area contributed by atoms with Gasteiger partial charge in [-0.25, -0.2) is 14.9 Å². The summed E-state index contributed by atoms with van der Waals surface area (Å²) >= 11 is 0.653. The first kappa shape index (κ1) is 29.9. The Morgan fingerprint density at radius 1 is 1.40 bits per heavy atom. The topological polar surface area (TPSA) is 251 Å². The van der Waals surface area contributed by atoms with E-state index in [-0.39, 0.29) is 28.7 Å². The van der Waals surface area contributed by atoms with Gasteiger partial charge >= 0.3 is 18.7 Å². The van der Waals surface area contributed by atoms with Crippen LogP contribution in [0.25, 0.3) is 11.2 Å². The number of anilines is 1. The molecule has 0 radical (unpaired) electrons. The number of nitrogen functional groups attached to an aromatic ring is 1. The van der Waals surface area contributed by atoms with Crippen molar-refractivity contribution in [2.45, 2.75) is 50.0 Å². The third-order valence-electron chi connectivity index (χ3n) is 6.19. The molecule has 0 aromatic carbocycles. The summed E-state index contributed by atoms with van der Waals surface area (Å²) in [5.41, 5.74) is 4.25. The second-order valence-electron chi connectivity index (χ2n) is 9.09. The lowest BCUT2D eigenvalue weighted by molar-refractivity contribution is -0.142. The average Bonchev–Trinajstić information content (AvgIpc) is 3.53. The second kappa shape index (κ2) is 11.4. The number of aliphatic hydroxyl groups is 2. The molecule has 4 rings (SSSR count). The Balaban J connectivity index is 1.53. The molecule has 7 N–H and O–H groups in total. The van der Waals surface area contributed by atoms with E-state index in [1.807, 2.05) is 0 Å². The number of nitrogens with two attached hydrogens (primary N) is 1. The summed E-state index contributed by atoms with van der Waals surface area (Å²) in [6.45, 7) is -1.82. The number of hydrogen-bond acceptors (Lipinski definition) is 15. The number of imide groups is 1. The van der Waals surface area contributed by atoms with Crippen LogP contribution >= 0.6 is 18.1 Å². The lowest BCUT2D eigenvalue weighted by atomic mass is 9.96. The van der Waals surface area contributed by atoms with Gasteiger partial charge in [-0.15, -0.1) is 0 Å². The van der Waals surface area contributed by atoms with Gasteiger partial charge in [0.1, 0.15) is 29.9 Å². The highest BCUT2D eigenvalue weighted by molar-refractivity contribution is 8.56. The second-order valence-corrected chi connectivity index (χ2v) is 13.4. The molecule has 0 bridgehead atoms. The normalized spacial score (nSPS) is 28.6. The third kappa shape index (κ3) is 5.85. The molecule has 2 aromatic rings. The number of carbonyl (C=O) groups is 3. The van der Waals surface area contributed by atoms with Gasteiger partial charge in [-0.3, -0.25) is 24.0 Å². The first-order valence-corrected chi connectivity index (χ1v) is 15.0. The third-order valence-corrected chi connectivity index (χ3v) is 10.3. The molecule has 3 amide bonds. The Hall–Kier alpha value is -3.06. The van der Waals surface area contributed by atoms with Crippen molar-refractivity contribution in [2.75, 3.05) is 32.3 Å². The van der Waals surface area contributed by atoms with Gasteiger partial charge in [0.2, 0.25) is 11.8 Å². The zero-order valence-corrected chi connectivity index (χ0v) is 23.5. The van der Waals surface area contributed by atoms with Crippen molar-refractivity contribution in [3.63, 3.8) is 0 Å². The molecule has 2 aromatic heterocycles. The molecule has 4 heterocycles. The summed E-state index contributed by atoms with van der Waals surface area (Å²) in [7, 11) is 2.52. The zero-order chi connectivity index (χ0) is 29.4. The molecular formula is C20H29N8O10PS. The van der Waals surface area contributed by atoms with Gasteiger partial charge < -0.3 is 40.0 Å². The molecular weight excluding hydrogens is 575 g/mol. The lowest BCUT2D eigenvalue weighted by Gasteiger charge is -2.27. The van der Waals surface area contributed by atoms with Gasteiger partial charge in [0.25, 0.3) is 5.91 Å². The predicted octanol–water partition coefficient (Wildman–Crippen LogP) is -1.36. The monoisotopic (exact) mass is 604 g/mol. The van der Waals surface area contributed by atoms with E-state index in [2.05, 4.69) is 35.4 Å². The van der Waals surface area contributed by atoms with Crippen LogP contribution in [0.5, 0.6) is 5.88 Å². The first-order valence-electron chi connectivity index (χ1n) is 11.8. The van der Waals surface area contributed by atoms with Gasteiger partial charge in [0.15, 0.2) is 17.4 Å². The number of nitrogens with zero attached hydrogens (tertiary/aromatic N) is 4. The number of rotatable bonds is 11. The van der Waals surface area contributed by atoms with E-state index >= 15 is 0 Å². The van der Waals surface area contributed by atoms with Gasteiger partial charge in [-0.05, 0) is 13.8 Å². The number of nitrogens with one attached hydrogen (secondary N) is 3. The van der Waals surface area contributed by atoms with Crippen LogP contribution in [0.3, 0.4) is 0 Å². The van der Waals surface area contributed by atoms with Crippen molar-refractivity contribution in [3.8, 4) is 5.88 Å². The van der Waals surface area contributed by atoms with Crippen molar-refractivity contribution in [2.24, 2.45) is 0 Å². The van der Waals surface area contributed by atoms with Crippen molar-refractivity contribution < 1.29 is 47.9 Å².